The fraction of sp³-hybridized carbons (Fsp3) is 0.750. The van der Waals surface area contributed by atoms with Crippen LogP contribution in [0.4, 0.5) is 4.79 Å². The molecule has 2 amide bonds. The van der Waals surface area contributed by atoms with E-state index in [0.29, 0.717) is 25.3 Å². The SMILES string of the molecule is C#CCCNC(=O)C(NC(=O)OC)C1CC(C)C(C(C)O)C1. The summed E-state index contributed by atoms with van der Waals surface area (Å²) in [7, 11) is 1.26. The van der Waals surface area contributed by atoms with Crippen molar-refractivity contribution in [1.82, 2.24) is 10.6 Å². The summed E-state index contributed by atoms with van der Waals surface area (Å²) in [5.74, 6) is 2.59. The van der Waals surface area contributed by atoms with E-state index >= 15 is 0 Å². The fourth-order valence-corrected chi connectivity index (χ4v) is 3.23. The molecule has 0 radical (unpaired) electrons. The van der Waals surface area contributed by atoms with Gasteiger partial charge in [0.2, 0.25) is 5.91 Å². The smallest absolute Gasteiger partial charge is 0.407 e. The first-order valence-corrected chi connectivity index (χ1v) is 7.64. The maximum Gasteiger partial charge on any atom is 0.407 e. The number of rotatable bonds is 6. The minimum atomic E-state index is -0.670. The molecule has 0 saturated heterocycles. The zero-order valence-corrected chi connectivity index (χ0v) is 13.5. The molecule has 1 rings (SSSR count). The van der Waals surface area contributed by atoms with E-state index < -0.39 is 18.2 Å². The number of carbonyl (C=O) groups is 2. The van der Waals surface area contributed by atoms with E-state index in [1.807, 2.05) is 0 Å². The normalized spacial score (nSPS) is 26.6. The van der Waals surface area contributed by atoms with Crippen LogP contribution in [0.25, 0.3) is 0 Å². The van der Waals surface area contributed by atoms with Crippen molar-refractivity contribution in [2.24, 2.45) is 17.8 Å². The molecule has 0 aliphatic heterocycles. The summed E-state index contributed by atoms with van der Waals surface area (Å²) in [6.07, 6.45) is 6.00. The Balaban J connectivity index is 2.76. The third kappa shape index (κ3) is 4.92. The number of hydrogen-bond acceptors (Lipinski definition) is 4. The van der Waals surface area contributed by atoms with E-state index in [2.05, 4.69) is 28.2 Å². The van der Waals surface area contributed by atoms with Gasteiger partial charge in [-0.1, -0.05) is 6.92 Å². The Morgan fingerprint density at radius 2 is 2.14 bits per heavy atom. The van der Waals surface area contributed by atoms with Gasteiger partial charge in [0, 0.05) is 13.0 Å². The van der Waals surface area contributed by atoms with Gasteiger partial charge in [-0.3, -0.25) is 4.79 Å². The molecule has 5 atom stereocenters. The van der Waals surface area contributed by atoms with E-state index in [1.54, 1.807) is 6.92 Å². The number of hydrogen-bond donors (Lipinski definition) is 3. The van der Waals surface area contributed by atoms with Crippen molar-refractivity contribution in [3.05, 3.63) is 0 Å². The molecule has 1 aliphatic rings. The first kappa shape index (κ1) is 18.3. The van der Waals surface area contributed by atoms with E-state index in [-0.39, 0.29) is 17.7 Å². The van der Waals surface area contributed by atoms with Crippen molar-refractivity contribution in [3.8, 4) is 12.3 Å². The Morgan fingerprint density at radius 1 is 1.45 bits per heavy atom. The van der Waals surface area contributed by atoms with Crippen LogP contribution in [0.5, 0.6) is 0 Å². The molecular formula is C16H26N2O4. The molecular weight excluding hydrogens is 284 g/mol. The molecule has 0 aromatic heterocycles. The summed E-state index contributed by atoms with van der Waals surface area (Å²) in [6, 6.07) is -0.670. The predicted molar refractivity (Wildman–Crippen MR) is 82.8 cm³/mol. The lowest BCUT2D eigenvalue weighted by Crippen LogP contribution is -2.50. The summed E-state index contributed by atoms with van der Waals surface area (Å²) >= 11 is 0. The first-order chi connectivity index (χ1) is 10.4. The van der Waals surface area contributed by atoms with Crippen LogP contribution in [-0.4, -0.2) is 42.9 Å². The summed E-state index contributed by atoms with van der Waals surface area (Å²) < 4.78 is 4.61. The van der Waals surface area contributed by atoms with Gasteiger partial charge in [-0.05, 0) is 37.5 Å². The zero-order valence-electron chi connectivity index (χ0n) is 13.5. The van der Waals surface area contributed by atoms with Crippen molar-refractivity contribution >= 4 is 12.0 Å². The highest BCUT2D eigenvalue weighted by Gasteiger charge is 2.41. The number of aliphatic hydroxyl groups excluding tert-OH is 1. The van der Waals surface area contributed by atoms with Crippen molar-refractivity contribution in [2.75, 3.05) is 13.7 Å². The molecule has 3 N–H and O–H groups in total. The Morgan fingerprint density at radius 3 is 2.64 bits per heavy atom. The Bertz CT molecular complexity index is 430. The zero-order chi connectivity index (χ0) is 16.7. The summed E-state index contributed by atoms with van der Waals surface area (Å²) in [5, 5.41) is 15.2. The molecule has 5 unspecified atom stereocenters. The highest BCUT2D eigenvalue weighted by molar-refractivity contribution is 5.86. The monoisotopic (exact) mass is 310 g/mol. The highest BCUT2D eigenvalue weighted by Crippen LogP contribution is 2.39. The number of terminal acetylenes is 1. The van der Waals surface area contributed by atoms with Crippen molar-refractivity contribution in [1.29, 1.82) is 0 Å². The second-order valence-electron chi connectivity index (χ2n) is 5.97. The van der Waals surface area contributed by atoms with Gasteiger partial charge in [-0.15, -0.1) is 12.3 Å². The van der Waals surface area contributed by atoms with Crippen LogP contribution < -0.4 is 10.6 Å². The number of methoxy groups -OCH3 is 1. The minimum Gasteiger partial charge on any atom is -0.453 e. The van der Waals surface area contributed by atoms with Crippen LogP contribution in [0.2, 0.25) is 0 Å². The first-order valence-electron chi connectivity index (χ1n) is 7.64. The summed E-state index contributed by atoms with van der Waals surface area (Å²) in [5.41, 5.74) is 0. The topological polar surface area (TPSA) is 87.7 Å². The number of ether oxygens (including phenoxy) is 1. The van der Waals surface area contributed by atoms with Crippen LogP contribution >= 0.6 is 0 Å². The maximum atomic E-state index is 12.3. The van der Waals surface area contributed by atoms with Crippen LogP contribution in [0.3, 0.4) is 0 Å². The minimum absolute atomic E-state index is 0.0282. The summed E-state index contributed by atoms with van der Waals surface area (Å²) in [6.45, 7) is 4.19. The van der Waals surface area contributed by atoms with Gasteiger partial charge in [0.1, 0.15) is 6.04 Å². The number of alkyl carbamates (subject to hydrolysis) is 1. The molecule has 0 aromatic rings. The molecule has 0 spiro atoms. The molecule has 1 fully saturated rings. The van der Waals surface area contributed by atoms with Gasteiger partial charge in [-0.25, -0.2) is 4.79 Å². The Hall–Kier alpha value is -1.74. The van der Waals surface area contributed by atoms with Gasteiger partial charge in [0.15, 0.2) is 0 Å². The lowest BCUT2D eigenvalue weighted by Gasteiger charge is -2.24. The molecule has 124 valence electrons. The predicted octanol–water partition coefficient (Wildman–Crippen LogP) is 0.894. The number of nitrogens with one attached hydrogen (secondary N) is 2. The largest absolute Gasteiger partial charge is 0.453 e. The van der Waals surface area contributed by atoms with Crippen LogP contribution in [0, 0.1) is 30.1 Å². The van der Waals surface area contributed by atoms with Crippen molar-refractivity contribution in [2.45, 2.75) is 45.3 Å². The molecule has 6 nitrogen and oxygen atoms in total. The lowest BCUT2D eigenvalue weighted by atomic mass is 9.93. The van der Waals surface area contributed by atoms with Crippen molar-refractivity contribution in [3.63, 3.8) is 0 Å². The molecule has 0 aromatic carbocycles. The molecule has 0 bridgehead atoms. The second kappa shape index (κ2) is 8.64. The van der Waals surface area contributed by atoms with Gasteiger partial charge in [0.25, 0.3) is 0 Å². The number of carbonyl (C=O) groups excluding carboxylic acids is 2. The third-order valence-electron chi connectivity index (χ3n) is 4.38. The number of amides is 2. The van der Waals surface area contributed by atoms with E-state index in [9.17, 15) is 14.7 Å². The Labute approximate surface area is 132 Å². The van der Waals surface area contributed by atoms with E-state index in [0.717, 1.165) is 6.42 Å². The molecule has 1 saturated carbocycles. The van der Waals surface area contributed by atoms with Crippen LogP contribution in [-0.2, 0) is 9.53 Å². The van der Waals surface area contributed by atoms with Crippen LogP contribution in [0.15, 0.2) is 0 Å². The van der Waals surface area contributed by atoms with Crippen molar-refractivity contribution < 1.29 is 19.4 Å². The van der Waals surface area contributed by atoms with Crippen LogP contribution in [0.1, 0.15) is 33.1 Å². The molecule has 1 aliphatic carbocycles. The average Bonchev–Trinajstić information content (AvgIpc) is 2.86. The summed E-state index contributed by atoms with van der Waals surface area (Å²) in [4.78, 5) is 23.8. The average molecular weight is 310 g/mol. The number of aliphatic hydroxyl groups is 1. The van der Waals surface area contributed by atoms with Gasteiger partial charge in [0.05, 0.1) is 13.2 Å². The van der Waals surface area contributed by atoms with Gasteiger partial charge < -0.3 is 20.5 Å². The highest BCUT2D eigenvalue weighted by atomic mass is 16.5. The third-order valence-corrected chi connectivity index (χ3v) is 4.38. The molecule has 0 heterocycles. The van der Waals surface area contributed by atoms with E-state index in [4.69, 9.17) is 6.42 Å². The second-order valence-corrected chi connectivity index (χ2v) is 5.97. The van der Waals surface area contributed by atoms with Gasteiger partial charge in [-0.2, -0.15) is 0 Å². The van der Waals surface area contributed by atoms with Gasteiger partial charge >= 0.3 is 6.09 Å². The quantitative estimate of drug-likeness (QED) is 0.502. The standard InChI is InChI=1S/C16H26N2O4/c1-5-6-7-17-15(20)14(18-16(21)22-4)12-8-10(2)13(9-12)11(3)19/h1,10-14,19H,6-9H2,2-4H3,(H,17,20)(H,18,21). The fourth-order valence-electron chi connectivity index (χ4n) is 3.23. The molecule has 22 heavy (non-hydrogen) atoms. The molecule has 6 heteroatoms. The maximum absolute atomic E-state index is 12.3. The lowest BCUT2D eigenvalue weighted by molar-refractivity contribution is -0.124. The van der Waals surface area contributed by atoms with E-state index in [1.165, 1.54) is 7.11 Å². The Kier molecular flexibility index (Phi) is 7.19.